The number of halogens is 1. The molecule has 1 fully saturated rings. The average Bonchev–Trinajstić information content (AvgIpc) is 2.78. The Hall–Kier alpha value is -3.68. The Morgan fingerprint density at radius 1 is 0.968 bits per heavy atom. The number of aryl methyl sites for hydroxylation is 1. The van der Waals surface area contributed by atoms with Gasteiger partial charge in [-0.05, 0) is 48.9 Å². The Labute approximate surface area is 179 Å². The minimum Gasteiger partial charge on any atom is -0.368 e. The van der Waals surface area contributed by atoms with Crippen LogP contribution in [0.15, 0.2) is 65.5 Å². The van der Waals surface area contributed by atoms with Gasteiger partial charge in [-0.2, -0.15) is 5.10 Å². The van der Waals surface area contributed by atoms with Crippen molar-refractivity contribution in [3.8, 4) is 0 Å². The van der Waals surface area contributed by atoms with E-state index in [1.54, 1.807) is 18.2 Å². The van der Waals surface area contributed by atoms with Crippen molar-refractivity contribution in [1.82, 2.24) is 9.78 Å². The molecular formula is C23H24FN5O2. The first-order chi connectivity index (χ1) is 15.0. The Morgan fingerprint density at radius 2 is 1.65 bits per heavy atom. The molecule has 3 aromatic rings. The molecule has 1 saturated heterocycles. The van der Waals surface area contributed by atoms with Crippen molar-refractivity contribution in [2.45, 2.75) is 13.5 Å². The lowest BCUT2D eigenvalue weighted by Gasteiger charge is -2.36. The van der Waals surface area contributed by atoms with Crippen LogP contribution in [-0.4, -0.2) is 41.9 Å². The van der Waals surface area contributed by atoms with Crippen LogP contribution in [0, 0.1) is 12.7 Å². The number of piperazine rings is 1. The van der Waals surface area contributed by atoms with E-state index in [-0.39, 0.29) is 23.8 Å². The second-order valence-electron chi connectivity index (χ2n) is 7.50. The fraction of sp³-hybridized carbons (Fsp3) is 0.261. The molecule has 0 spiro atoms. The number of rotatable bonds is 5. The van der Waals surface area contributed by atoms with E-state index in [0.29, 0.717) is 24.6 Å². The molecule has 1 amide bonds. The first kappa shape index (κ1) is 20.6. The monoisotopic (exact) mass is 421 g/mol. The molecular weight excluding hydrogens is 397 g/mol. The van der Waals surface area contributed by atoms with Crippen molar-refractivity contribution in [3.05, 3.63) is 82.4 Å². The number of benzene rings is 2. The zero-order valence-corrected chi connectivity index (χ0v) is 17.3. The van der Waals surface area contributed by atoms with Gasteiger partial charge in [-0.25, -0.2) is 9.07 Å². The molecule has 1 aromatic heterocycles. The third kappa shape index (κ3) is 4.91. The summed E-state index contributed by atoms with van der Waals surface area (Å²) < 4.78 is 14.3. The molecule has 8 heteroatoms. The summed E-state index contributed by atoms with van der Waals surface area (Å²) in [5.74, 6) is 0.101. The molecule has 0 saturated carbocycles. The summed E-state index contributed by atoms with van der Waals surface area (Å²) in [6.45, 7) is 4.67. The maximum Gasteiger partial charge on any atom is 0.267 e. The number of nitrogens with one attached hydrogen (secondary N) is 1. The van der Waals surface area contributed by atoms with E-state index in [1.807, 2.05) is 31.2 Å². The molecule has 1 N–H and O–H groups in total. The number of hydrogen-bond acceptors (Lipinski definition) is 5. The first-order valence-electron chi connectivity index (χ1n) is 10.2. The zero-order valence-electron chi connectivity index (χ0n) is 17.3. The number of aromatic nitrogens is 2. The van der Waals surface area contributed by atoms with Crippen molar-refractivity contribution in [2.75, 3.05) is 41.3 Å². The number of para-hydroxylation sites is 1. The molecule has 7 nitrogen and oxygen atoms in total. The van der Waals surface area contributed by atoms with Crippen molar-refractivity contribution < 1.29 is 9.18 Å². The number of hydrogen-bond donors (Lipinski definition) is 1. The molecule has 0 radical (unpaired) electrons. The summed E-state index contributed by atoms with van der Waals surface area (Å²) in [5.41, 5.74) is 2.32. The van der Waals surface area contributed by atoms with Crippen LogP contribution in [0.2, 0.25) is 0 Å². The van der Waals surface area contributed by atoms with Gasteiger partial charge in [-0.1, -0.05) is 18.2 Å². The molecule has 0 aliphatic carbocycles. The van der Waals surface area contributed by atoms with E-state index in [0.717, 1.165) is 24.3 Å². The van der Waals surface area contributed by atoms with Crippen LogP contribution in [-0.2, 0) is 11.3 Å². The quantitative estimate of drug-likeness (QED) is 0.686. The van der Waals surface area contributed by atoms with Crippen molar-refractivity contribution in [3.63, 3.8) is 0 Å². The van der Waals surface area contributed by atoms with E-state index >= 15 is 0 Å². The molecule has 1 aliphatic heterocycles. The van der Waals surface area contributed by atoms with Gasteiger partial charge in [0.2, 0.25) is 5.91 Å². The van der Waals surface area contributed by atoms with Crippen LogP contribution in [0.25, 0.3) is 0 Å². The van der Waals surface area contributed by atoms with Gasteiger partial charge in [0, 0.05) is 43.6 Å². The van der Waals surface area contributed by atoms with Gasteiger partial charge < -0.3 is 15.1 Å². The number of carbonyl (C=O) groups is 1. The first-order valence-corrected chi connectivity index (χ1v) is 10.2. The second-order valence-corrected chi connectivity index (χ2v) is 7.50. The maximum atomic E-state index is 13.1. The average molecular weight is 421 g/mol. The molecule has 0 atom stereocenters. The van der Waals surface area contributed by atoms with Crippen LogP contribution in [0.4, 0.5) is 21.6 Å². The highest BCUT2D eigenvalue weighted by atomic mass is 19.1. The number of nitrogens with zero attached hydrogens (tertiary/aromatic N) is 4. The fourth-order valence-corrected chi connectivity index (χ4v) is 3.60. The smallest absolute Gasteiger partial charge is 0.267 e. The van der Waals surface area contributed by atoms with Gasteiger partial charge in [0.1, 0.15) is 18.2 Å². The standard InChI is InChI=1S/C23H24FN5O2/c1-17-4-2-3-5-20(17)25-22(30)16-29-23(31)11-10-21(26-29)28-14-12-27(13-15-28)19-8-6-18(24)7-9-19/h2-11H,12-16H2,1H3,(H,25,30). The molecule has 31 heavy (non-hydrogen) atoms. The van der Waals surface area contributed by atoms with Crippen LogP contribution < -0.4 is 20.7 Å². The predicted octanol–water partition coefficient (Wildman–Crippen LogP) is 2.66. The molecule has 0 unspecified atom stereocenters. The summed E-state index contributed by atoms with van der Waals surface area (Å²) in [4.78, 5) is 28.9. The highest BCUT2D eigenvalue weighted by Crippen LogP contribution is 2.19. The fourth-order valence-electron chi connectivity index (χ4n) is 3.60. The Kier molecular flexibility index (Phi) is 5.97. The molecule has 4 rings (SSSR count). The lowest BCUT2D eigenvalue weighted by Crippen LogP contribution is -2.47. The summed E-state index contributed by atoms with van der Waals surface area (Å²) in [5, 5.41) is 7.24. The number of anilines is 3. The Morgan fingerprint density at radius 3 is 2.35 bits per heavy atom. The van der Waals surface area contributed by atoms with Gasteiger partial charge in [0.25, 0.3) is 5.56 Å². The summed E-state index contributed by atoms with van der Waals surface area (Å²) in [6, 6.07) is 17.1. The number of amides is 1. The third-order valence-corrected chi connectivity index (χ3v) is 5.36. The third-order valence-electron chi connectivity index (χ3n) is 5.36. The van der Waals surface area contributed by atoms with Crippen molar-refractivity contribution in [1.29, 1.82) is 0 Å². The predicted molar refractivity (Wildman–Crippen MR) is 119 cm³/mol. The number of carbonyl (C=O) groups excluding carboxylic acids is 1. The molecule has 2 heterocycles. The minimum atomic E-state index is -0.325. The van der Waals surface area contributed by atoms with Crippen molar-refractivity contribution in [2.24, 2.45) is 0 Å². The SMILES string of the molecule is Cc1ccccc1NC(=O)Cn1nc(N2CCN(c3ccc(F)cc3)CC2)ccc1=O. The summed E-state index contributed by atoms with van der Waals surface area (Å²) in [7, 11) is 0. The van der Waals surface area contributed by atoms with Crippen LogP contribution in [0.1, 0.15) is 5.56 Å². The van der Waals surface area contributed by atoms with Crippen molar-refractivity contribution >= 4 is 23.1 Å². The minimum absolute atomic E-state index is 0.156. The maximum absolute atomic E-state index is 13.1. The van der Waals surface area contributed by atoms with Gasteiger partial charge in [0.15, 0.2) is 0 Å². The van der Waals surface area contributed by atoms with Gasteiger partial charge in [0.05, 0.1) is 0 Å². The highest BCUT2D eigenvalue weighted by Gasteiger charge is 2.19. The molecule has 160 valence electrons. The second kappa shape index (κ2) is 8.99. The largest absolute Gasteiger partial charge is 0.368 e. The van der Waals surface area contributed by atoms with Crippen LogP contribution in [0.3, 0.4) is 0 Å². The van der Waals surface area contributed by atoms with Gasteiger partial charge >= 0.3 is 0 Å². The Balaban J connectivity index is 1.41. The van der Waals surface area contributed by atoms with E-state index < -0.39 is 0 Å². The van der Waals surface area contributed by atoms with E-state index in [9.17, 15) is 14.0 Å². The van der Waals surface area contributed by atoms with Crippen LogP contribution >= 0.6 is 0 Å². The summed E-state index contributed by atoms with van der Waals surface area (Å²) >= 11 is 0. The van der Waals surface area contributed by atoms with Crippen LogP contribution in [0.5, 0.6) is 0 Å². The van der Waals surface area contributed by atoms with Gasteiger partial charge in [-0.3, -0.25) is 9.59 Å². The van der Waals surface area contributed by atoms with E-state index in [2.05, 4.69) is 20.2 Å². The molecule has 1 aliphatic rings. The topological polar surface area (TPSA) is 70.5 Å². The zero-order chi connectivity index (χ0) is 21.8. The van der Waals surface area contributed by atoms with E-state index in [1.165, 1.54) is 22.9 Å². The van der Waals surface area contributed by atoms with Gasteiger partial charge in [-0.15, -0.1) is 0 Å². The highest BCUT2D eigenvalue weighted by molar-refractivity contribution is 5.91. The molecule has 2 aromatic carbocycles. The Bertz CT molecular complexity index is 1120. The molecule has 0 bridgehead atoms. The van der Waals surface area contributed by atoms with E-state index in [4.69, 9.17) is 0 Å². The lowest BCUT2D eigenvalue weighted by atomic mass is 10.2. The lowest BCUT2D eigenvalue weighted by molar-refractivity contribution is -0.117. The normalized spacial score (nSPS) is 13.9. The summed E-state index contributed by atoms with van der Waals surface area (Å²) in [6.07, 6.45) is 0.